The molecular weight excluding hydrogens is 478 g/mol. The third kappa shape index (κ3) is 5.50. The minimum absolute atomic E-state index is 0.0304. The predicted octanol–water partition coefficient (Wildman–Crippen LogP) is 4.56. The molecular formula is C21H17BrF2N2O3S. The lowest BCUT2D eigenvalue weighted by Crippen LogP contribution is -2.37. The number of nitrogens with one attached hydrogen (secondary N) is 1. The van der Waals surface area contributed by atoms with Crippen LogP contribution in [-0.2, 0) is 21.4 Å². The van der Waals surface area contributed by atoms with Crippen molar-refractivity contribution in [3.8, 4) is 0 Å². The highest BCUT2D eigenvalue weighted by Crippen LogP contribution is 2.20. The van der Waals surface area contributed by atoms with E-state index in [4.69, 9.17) is 0 Å². The van der Waals surface area contributed by atoms with Gasteiger partial charge in [-0.15, -0.1) is 0 Å². The zero-order valence-electron chi connectivity index (χ0n) is 15.6. The van der Waals surface area contributed by atoms with Gasteiger partial charge in [-0.05, 0) is 42.0 Å². The number of halogens is 3. The molecule has 0 aliphatic carbocycles. The van der Waals surface area contributed by atoms with E-state index >= 15 is 0 Å². The number of anilines is 1. The van der Waals surface area contributed by atoms with Gasteiger partial charge >= 0.3 is 0 Å². The highest BCUT2D eigenvalue weighted by atomic mass is 79.9. The molecule has 0 spiro atoms. The number of carbonyl (C=O) groups excluding carboxylic acids is 1. The van der Waals surface area contributed by atoms with Gasteiger partial charge in [0.2, 0.25) is 15.9 Å². The Balaban J connectivity index is 1.86. The molecule has 0 aromatic heterocycles. The first-order valence-corrected chi connectivity index (χ1v) is 11.0. The topological polar surface area (TPSA) is 66.5 Å². The van der Waals surface area contributed by atoms with Crippen LogP contribution in [0.5, 0.6) is 0 Å². The van der Waals surface area contributed by atoms with Gasteiger partial charge in [0.05, 0.1) is 17.1 Å². The SMILES string of the molecule is O=C(CN(Cc1ccc(Br)cc1)S(=O)(=O)c1ccccc1)Nc1ccc(F)cc1F. The minimum Gasteiger partial charge on any atom is -0.322 e. The number of hydrogen-bond donors (Lipinski definition) is 1. The molecule has 0 radical (unpaired) electrons. The average Bonchev–Trinajstić information content (AvgIpc) is 2.72. The highest BCUT2D eigenvalue weighted by molar-refractivity contribution is 9.10. The minimum atomic E-state index is -4.01. The molecule has 5 nitrogen and oxygen atoms in total. The van der Waals surface area contributed by atoms with Crippen LogP contribution < -0.4 is 5.32 Å². The number of carbonyl (C=O) groups is 1. The fraction of sp³-hybridized carbons (Fsp3) is 0.0952. The second kappa shape index (κ2) is 9.46. The maximum absolute atomic E-state index is 13.8. The van der Waals surface area contributed by atoms with Gasteiger partial charge in [0.1, 0.15) is 11.6 Å². The third-order valence-electron chi connectivity index (χ3n) is 4.18. The van der Waals surface area contributed by atoms with E-state index in [0.29, 0.717) is 11.6 Å². The van der Waals surface area contributed by atoms with E-state index in [0.717, 1.165) is 20.9 Å². The predicted molar refractivity (Wildman–Crippen MR) is 113 cm³/mol. The first-order chi connectivity index (χ1) is 14.3. The van der Waals surface area contributed by atoms with E-state index in [1.807, 2.05) is 0 Å². The zero-order chi connectivity index (χ0) is 21.7. The highest BCUT2D eigenvalue weighted by Gasteiger charge is 2.27. The number of amides is 1. The van der Waals surface area contributed by atoms with Crippen molar-refractivity contribution in [2.45, 2.75) is 11.4 Å². The maximum Gasteiger partial charge on any atom is 0.243 e. The van der Waals surface area contributed by atoms with Gasteiger partial charge in [-0.25, -0.2) is 17.2 Å². The molecule has 3 aromatic carbocycles. The van der Waals surface area contributed by atoms with Crippen LogP contribution in [0.4, 0.5) is 14.5 Å². The van der Waals surface area contributed by atoms with Crippen LogP contribution in [0.2, 0.25) is 0 Å². The summed E-state index contributed by atoms with van der Waals surface area (Å²) in [6.45, 7) is -0.617. The standard InChI is InChI=1S/C21H17BrF2N2O3S/c22-16-8-6-15(7-9-16)13-26(30(28,29)18-4-2-1-3-5-18)14-21(27)25-20-11-10-17(23)12-19(20)24/h1-12H,13-14H2,(H,25,27). The Bertz CT molecular complexity index is 1140. The van der Waals surface area contributed by atoms with Crippen LogP contribution in [0.1, 0.15) is 5.56 Å². The van der Waals surface area contributed by atoms with Crippen molar-refractivity contribution >= 4 is 37.5 Å². The largest absolute Gasteiger partial charge is 0.322 e. The van der Waals surface area contributed by atoms with E-state index in [1.54, 1.807) is 42.5 Å². The Morgan fingerprint density at radius 3 is 2.27 bits per heavy atom. The van der Waals surface area contributed by atoms with Gasteiger partial charge < -0.3 is 5.32 Å². The van der Waals surface area contributed by atoms with Crippen molar-refractivity contribution in [3.63, 3.8) is 0 Å². The molecule has 0 saturated heterocycles. The molecule has 3 rings (SSSR count). The molecule has 30 heavy (non-hydrogen) atoms. The van der Waals surface area contributed by atoms with E-state index in [1.165, 1.54) is 12.1 Å². The lowest BCUT2D eigenvalue weighted by Gasteiger charge is -2.22. The van der Waals surface area contributed by atoms with E-state index in [-0.39, 0.29) is 17.1 Å². The Morgan fingerprint density at radius 1 is 0.967 bits per heavy atom. The number of nitrogens with zero attached hydrogens (tertiary/aromatic N) is 1. The first kappa shape index (κ1) is 22.1. The fourth-order valence-corrected chi connectivity index (χ4v) is 4.37. The molecule has 0 heterocycles. The number of benzene rings is 3. The first-order valence-electron chi connectivity index (χ1n) is 8.80. The summed E-state index contributed by atoms with van der Waals surface area (Å²) in [7, 11) is -4.01. The van der Waals surface area contributed by atoms with Crippen molar-refractivity contribution < 1.29 is 22.0 Å². The summed E-state index contributed by atoms with van der Waals surface area (Å²) in [6, 6.07) is 17.4. The molecule has 1 amide bonds. The summed E-state index contributed by atoms with van der Waals surface area (Å²) in [4.78, 5) is 12.5. The Hall–Kier alpha value is -2.62. The molecule has 0 aliphatic heterocycles. The summed E-state index contributed by atoms with van der Waals surface area (Å²) < 4.78 is 55.0. The zero-order valence-corrected chi connectivity index (χ0v) is 18.0. The summed E-state index contributed by atoms with van der Waals surface area (Å²) in [5.41, 5.74) is 0.431. The van der Waals surface area contributed by atoms with Crippen LogP contribution in [0.25, 0.3) is 0 Å². The van der Waals surface area contributed by atoms with Crippen molar-refractivity contribution in [3.05, 3.63) is 94.5 Å². The molecule has 9 heteroatoms. The maximum atomic E-state index is 13.8. The van der Waals surface area contributed by atoms with Gasteiger partial charge in [-0.2, -0.15) is 4.31 Å². The number of rotatable bonds is 7. The van der Waals surface area contributed by atoms with Crippen LogP contribution in [0.3, 0.4) is 0 Å². The van der Waals surface area contributed by atoms with E-state index in [9.17, 15) is 22.0 Å². The molecule has 0 unspecified atom stereocenters. The summed E-state index contributed by atoms with van der Waals surface area (Å²) in [5, 5.41) is 2.29. The Kier molecular flexibility index (Phi) is 6.96. The molecule has 0 fully saturated rings. The molecule has 0 saturated carbocycles. The van der Waals surface area contributed by atoms with Crippen LogP contribution in [-0.4, -0.2) is 25.2 Å². The third-order valence-corrected chi connectivity index (χ3v) is 6.51. The van der Waals surface area contributed by atoms with Gasteiger partial charge in [0.15, 0.2) is 0 Å². The molecule has 156 valence electrons. The lowest BCUT2D eigenvalue weighted by atomic mass is 10.2. The lowest BCUT2D eigenvalue weighted by molar-refractivity contribution is -0.116. The van der Waals surface area contributed by atoms with E-state index < -0.39 is 34.1 Å². The van der Waals surface area contributed by atoms with E-state index in [2.05, 4.69) is 21.2 Å². The van der Waals surface area contributed by atoms with Gasteiger partial charge in [0.25, 0.3) is 0 Å². The Labute approximate surface area is 181 Å². The van der Waals surface area contributed by atoms with Gasteiger partial charge in [-0.1, -0.05) is 46.3 Å². The normalized spacial score (nSPS) is 11.5. The molecule has 0 aliphatic rings. The molecule has 3 aromatic rings. The number of hydrogen-bond acceptors (Lipinski definition) is 3. The monoisotopic (exact) mass is 494 g/mol. The fourth-order valence-electron chi connectivity index (χ4n) is 2.70. The summed E-state index contributed by atoms with van der Waals surface area (Å²) in [6.07, 6.45) is 0. The van der Waals surface area contributed by atoms with Crippen LogP contribution in [0.15, 0.2) is 82.2 Å². The molecule has 0 bridgehead atoms. The average molecular weight is 495 g/mol. The van der Waals surface area contributed by atoms with Crippen molar-refractivity contribution in [2.75, 3.05) is 11.9 Å². The summed E-state index contributed by atoms with van der Waals surface area (Å²) >= 11 is 3.32. The number of sulfonamides is 1. The summed E-state index contributed by atoms with van der Waals surface area (Å²) in [5.74, 6) is -2.49. The van der Waals surface area contributed by atoms with Crippen molar-refractivity contribution in [2.24, 2.45) is 0 Å². The molecule has 0 atom stereocenters. The van der Waals surface area contributed by atoms with Crippen LogP contribution >= 0.6 is 15.9 Å². The van der Waals surface area contributed by atoms with Crippen molar-refractivity contribution in [1.82, 2.24) is 4.31 Å². The second-order valence-corrected chi connectivity index (χ2v) is 9.24. The smallest absolute Gasteiger partial charge is 0.243 e. The van der Waals surface area contributed by atoms with Gasteiger partial charge in [0, 0.05) is 17.1 Å². The van der Waals surface area contributed by atoms with Crippen molar-refractivity contribution in [1.29, 1.82) is 0 Å². The van der Waals surface area contributed by atoms with Gasteiger partial charge in [-0.3, -0.25) is 4.79 Å². The second-order valence-electron chi connectivity index (χ2n) is 6.38. The van der Waals surface area contributed by atoms with Crippen LogP contribution in [0, 0.1) is 11.6 Å². The quantitative estimate of drug-likeness (QED) is 0.523. The molecule has 1 N–H and O–H groups in total. The Morgan fingerprint density at radius 2 is 1.63 bits per heavy atom.